The number of aromatic nitrogens is 1. The van der Waals surface area contributed by atoms with Gasteiger partial charge >= 0.3 is 5.97 Å². The summed E-state index contributed by atoms with van der Waals surface area (Å²) in [7, 11) is 0. The minimum absolute atomic E-state index is 0.0656. The number of guanidine groups is 2. The molecule has 3 amide bonds. The number of hydrogen-bond acceptors (Lipinski definition) is 8. The van der Waals surface area contributed by atoms with E-state index in [0.717, 1.165) is 16.5 Å². The SMILES string of the molecule is CSCCC(NC(=O)C(Cc1c[nH]c2ccccc12)NC(=O)C(N)CCCN=C(N)N)C(=O)NC(CCCN=C(N)N)C(=O)O. The van der Waals surface area contributed by atoms with Gasteiger partial charge in [0.05, 0.1) is 6.04 Å². The maximum absolute atomic E-state index is 13.7. The number of aliphatic imine (C=N–C) groups is 2. The number of benzene rings is 1. The zero-order valence-electron chi connectivity index (χ0n) is 25.3. The van der Waals surface area contributed by atoms with E-state index in [4.69, 9.17) is 28.7 Å². The lowest BCUT2D eigenvalue weighted by molar-refractivity contribution is -0.142. The van der Waals surface area contributed by atoms with E-state index in [1.165, 1.54) is 11.8 Å². The summed E-state index contributed by atoms with van der Waals surface area (Å²) in [6, 6.07) is 3.18. The summed E-state index contributed by atoms with van der Waals surface area (Å²) < 4.78 is 0. The highest BCUT2D eigenvalue weighted by Crippen LogP contribution is 2.19. The number of carboxylic acid groups (broad SMARTS) is 1. The van der Waals surface area contributed by atoms with Gasteiger partial charge in [0.1, 0.15) is 18.1 Å². The van der Waals surface area contributed by atoms with Gasteiger partial charge in [-0.25, -0.2) is 4.79 Å². The third-order valence-corrected chi connectivity index (χ3v) is 7.48. The summed E-state index contributed by atoms with van der Waals surface area (Å²) in [5.74, 6) is -2.77. The third-order valence-electron chi connectivity index (χ3n) is 6.84. The van der Waals surface area contributed by atoms with Crippen LogP contribution in [0, 0.1) is 0 Å². The predicted molar refractivity (Wildman–Crippen MR) is 176 cm³/mol. The summed E-state index contributed by atoms with van der Waals surface area (Å²) in [6.45, 7) is 0.487. The molecule has 0 radical (unpaired) electrons. The van der Waals surface area contributed by atoms with E-state index in [2.05, 4.69) is 30.9 Å². The van der Waals surface area contributed by atoms with Gasteiger partial charge in [-0.15, -0.1) is 0 Å². The van der Waals surface area contributed by atoms with Crippen LogP contribution >= 0.6 is 11.8 Å². The Morgan fingerprint density at radius 2 is 1.42 bits per heavy atom. The number of nitrogens with zero attached hydrogens (tertiary/aromatic N) is 2. The van der Waals surface area contributed by atoms with Crippen molar-refractivity contribution in [3.63, 3.8) is 0 Å². The monoisotopic (exact) mass is 647 g/mol. The molecule has 0 fully saturated rings. The molecule has 0 aliphatic heterocycles. The molecule has 0 aliphatic carbocycles. The van der Waals surface area contributed by atoms with Crippen molar-refractivity contribution >= 4 is 58.3 Å². The zero-order valence-corrected chi connectivity index (χ0v) is 26.1. The van der Waals surface area contributed by atoms with Crippen molar-refractivity contribution in [3.05, 3.63) is 36.0 Å². The van der Waals surface area contributed by atoms with Crippen LogP contribution in [-0.4, -0.2) is 95.0 Å². The van der Waals surface area contributed by atoms with E-state index in [9.17, 15) is 24.3 Å². The number of carbonyl (C=O) groups excluding carboxylic acids is 3. The minimum Gasteiger partial charge on any atom is -0.480 e. The molecule has 0 spiro atoms. The van der Waals surface area contributed by atoms with Crippen molar-refractivity contribution in [1.82, 2.24) is 20.9 Å². The summed E-state index contributed by atoms with van der Waals surface area (Å²) in [5, 5.41) is 18.5. The summed E-state index contributed by atoms with van der Waals surface area (Å²) >= 11 is 1.46. The fourth-order valence-electron chi connectivity index (χ4n) is 4.47. The lowest BCUT2D eigenvalue weighted by atomic mass is 10.0. The highest BCUT2D eigenvalue weighted by atomic mass is 32.2. The van der Waals surface area contributed by atoms with Crippen LogP contribution in [0.4, 0.5) is 0 Å². The Labute approximate surface area is 265 Å². The van der Waals surface area contributed by atoms with Gasteiger partial charge in [-0.1, -0.05) is 18.2 Å². The molecular weight excluding hydrogens is 602 g/mol. The molecule has 45 heavy (non-hydrogen) atoms. The van der Waals surface area contributed by atoms with Crippen molar-refractivity contribution in [2.75, 3.05) is 25.1 Å². The molecule has 4 atom stereocenters. The van der Waals surface area contributed by atoms with E-state index in [-0.39, 0.29) is 44.1 Å². The van der Waals surface area contributed by atoms with Crippen LogP contribution in [0.3, 0.4) is 0 Å². The quantitative estimate of drug-likeness (QED) is 0.0445. The number of para-hydroxylation sites is 1. The van der Waals surface area contributed by atoms with Crippen molar-refractivity contribution in [2.24, 2.45) is 38.7 Å². The molecule has 0 bridgehead atoms. The lowest BCUT2D eigenvalue weighted by Crippen LogP contribution is -2.57. The van der Waals surface area contributed by atoms with Gasteiger partial charge in [0, 0.05) is 36.6 Å². The fourth-order valence-corrected chi connectivity index (χ4v) is 4.94. The molecule has 2 rings (SSSR count). The number of rotatable bonds is 20. The van der Waals surface area contributed by atoms with E-state index in [1.807, 2.05) is 30.5 Å². The highest BCUT2D eigenvalue weighted by Gasteiger charge is 2.30. The van der Waals surface area contributed by atoms with Crippen LogP contribution < -0.4 is 44.6 Å². The summed E-state index contributed by atoms with van der Waals surface area (Å²) in [4.78, 5) is 62.8. The van der Waals surface area contributed by atoms with Gasteiger partial charge in [-0.3, -0.25) is 24.4 Å². The number of amides is 3. The van der Waals surface area contributed by atoms with Gasteiger partial charge in [-0.2, -0.15) is 11.8 Å². The molecule has 17 heteroatoms. The first-order valence-electron chi connectivity index (χ1n) is 14.5. The Morgan fingerprint density at radius 1 is 0.844 bits per heavy atom. The van der Waals surface area contributed by atoms with E-state index in [0.29, 0.717) is 25.1 Å². The van der Waals surface area contributed by atoms with Gasteiger partial charge in [0.25, 0.3) is 0 Å². The van der Waals surface area contributed by atoms with E-state index >= 15 is 0 Å². The number of thioether (sulfide) groups is 1. The average molecular weight is 648 g/mol. The fraction of sp³-hybridized carbons (Fsp3) is 0.500. The molecule has 15 N–H and O–H groups in total. The second-order valence-electron chi connectivity index (χ2n) is 10.4. The molecule has 248 valence electrons. The first-order valence-corrected chi connectivity index (χ1v) is 15.9. The van der Waals surface area contributed by atoms with Crippen LogP contribution in [0.25, 0.3) is 10.9 Å². The molecule has 4 unspecified atom stereocenters. The largest absolute Gasteiger partial charge is 0.480 e. The van der Waals surface area contributed by atoms with Crippen molar-refractivity contribution < 1.29 is 24.3 Å². The number of aromatic amines is 1. The molecule has 2 aromatic rings. The van der Waals surface area contributed by atoms with Gasteiger partial charge in [0.2, 0.25) is 17.7 Å². The Hall–Kier alpha value is -4.51. The van der Waals surface area contributed by atoms with Crippen LogP contribution in [-0.2, 0) is 25.6 Å². The Kier molecular flexibility index (Phi) is 15.5. The number of nitrogens with one attached hydrogen (secondary N) is 4. The second-order valence-corrected chi connectivity index (χ2v) is 11.4. The average Bonchev–Trinajstić information content (AvgIpc) is 3.40. The molecule has 16 nitrogen and oxygen atoms in total. The van der Waals surface area contributed by atoms with Gasteiger partial charge in [0.15, 0.2) is 11.9 Å². The molecule has 0 aliphatic rings. The molecule has 0 saturated carbocycles. The number of H-pyrrole nitrogens is 1. The van der Waals surface area contributed by atoms with Crippen LogP contribution in [0.1, 0.15) is 37.7 Å². The predicted octanol–water partition coefficient (Wildman–Crippen LogP) is -1.56. The summed E-state index contributed by atoms with van der Waals surface area (Å²) in [6.07, 6.45) is 5.00. The number of carboxylic acids is 1. The van der Waals surface area contributed by atoms with Crippen LogP contribution in [0.5, 0.6) is 0 Å². The van der Waals surface area contributed by atoms with Crippen molar-refractivity contribution in [2.45, 2.75) is 62.7 Å². The zero-order chi connectivity index (χ0) is 33.4. The van der Waals surface area contributed by atoms with Gasteiger partial charge < -0.3 is 54.7 Å². The normalized spacial score (nSPS) is 13.6. The first-order chi connectivity index (χ1) is 21.4. The van der Waals surface area contributed by atoms with Crippen molar-refractivity contribution in [1.29, 1.82) is 0 Å². The van der Waals surface area contributed by atoms with E-state index < -0.39 is 47.9 Å². The number of aliphatic carboxylic acids is 1. The second kappa shape index (κ2) is 19.0. The number of nitrogens with two attached hydrogens (primary N) is 5. The maximum atomic E-state index is 13.7. The first kappa shape index (κ1) is 36.7. The third kappa shape index (κ3) is 12.9. The van der Waals surface area contributed by atoms with E-state index in [1.54, 1.807) is 6.20 Å². The van der Waals surface area contributed by atoms with Crippen LogP contribution in [0.15, 0.2) is 40.4 Å². The van der Waals surface area contributed by atoms with Crippen LogP contribution in [0.2, 0.25) is 0 Å². The molecule has 0 saturated heterocycles. The molecule has 1 heterocycles. The molecule has 1 aromatic carbocycles. The van der Waals surface area contributed by atoms with Crippen molar-refractivity contribution in [3.8, 4) is 0 Å². The number of hydrogen-bond donors (Lipinski definition) is 10. The Balaban J connectivity index is 2.22. The Morgan fingerprint density at radius 3 is 2.04 bits per heavy atom. The minimum atomic E-state index is -1.23. The molecular formula is C28H45N11O5S. The lowest BCUT2D eigenvalue weighted by Gasteiger charge is -2.25. The Bertz CT molecular complexity index is 1340. The smallest absolute Gasteiger partial charge is 0.326 e. The number of carbonyl (C=O) groups is 4. The van der Waals surface area contributed by atoms with Gasteiger partial charge in [-0.05, 0) is 55.7 Å². The summed E-state index contributed by atoms with van der Waals surface area (Å²) in [5.41, 5.74) is 29.0. The maximum Gasteiger partial charge on any atom is 0.326 e. The topological polar surface area (TPSA) is 295 Å². The standard InChI is InChI=1S/C28H45N11O5S/c1-45-13-10-20(24(41)38-21(26(43)44)9-5-12-35-28(32)33)37-25(42)22(14-16-15-36-19-8-3-2-6-17(16)19)39-23(40)18(29)7-4-11-34-27(30)31/h2-3,6,8,15,18,20-22,36H,4-5,7,9-14,29H2,1H3,(H,37,42)(H,38,41)(H,39,40)(H,43,44)(H4,30,31,34)(H4,32,33,35). The molecule has 1 aromatic heterocycles. The highest BCUT2D eigenvalue weighted by molar-refractivity contribution is 7.98. The number of fused-ring (bicyclic) bond motifs is 1.